The van der Waals surface area contributed by atoms with Crippen molar-refractivity contribution in [2.45, 2.75) is 6.92 Å². The lowest BCUT2D eigenvalue weighted by Gasteiger charge is -2.00. The normalized spacial score (nSPS) is 11.1. The van der Waals surface area contributed by atoms with E-state index in [-0.39, 0.29) is 5.56 Å². The molecule has 0 saturated carbocycles. The second-order valence-corrected chi connectivity index (χ2v) is 4.39. The summed E-state index contributed by atoms with van der Waals surface area (Å²) >= 11 is 0. The van der Waals surface area contributed by atoms with Gasteiger partial charge in [0, 0.05) is 18.8 Å². The number of carbonyl (C=O) groups is 1. The molecule has 0 atom stereocenters. The highest BCUT2D eigenvalue weighted by molar-refractivity contribution is 5.92. The molecule has 0 amide bonds. The van der Waals surface area contributed by atoms with Crippen LogP contribution >= 0.6 is 0 Å². The lowest BCUT2D eigenvalue weighted by Crippen LogP contribution is -1.99. The van der Waals surface area contributed by atoms with Crippen molar-refractivity contribution in [2.75, 3.05) is 0 Å². The minimum absolute atomic E-state index is 0.238. The standard InChI is InChI=1S/C13H12N4O2/c1-8-5-12(15-16(8)2)17-7-14-10-4-3-9(13(18)19)6-11(10)17/h3-7H,1-2H3,(H,18,19). The van der Waals surface area contributed by atoms with Gasteiger partial charge >= 0.3 is 5.97 Å². The van der Waals surface area contributed by atoms with Crippen LogP contribution in [0.2, 0.25) is 0 Å². The van der Waals surface area contributed by atoms with Gasteiger partial charge in [0.05, 0.1) is 16.6 Å². The fraction of sp³-hybridized carbons (Fsp3) is 0.154. The van der Waals surface area contributed by atoms with Crippen molar-refractivity contribution in [3.63, 3.8) is 0 Å². The molecular weight excluding hydrogens is 244 g/mol. The molecule has 6 heteroatoms. The molecule has 0 fully saturated rings. The number of hydrogen-bond acceptors (Lipinski definition) is 3. The molecule has 96 valence electrons. The summed E-state index contributed by atoms with van der Waals surface area (Å²) in [5.41, 5.74) is 2.74. The summed E-state index contributed by atoms with van der Waals surface area (Å²) in [6.07, 6.45) is 1.65. The van der Waals surface area contributed by atoms with E-state index in [1.165, 1.54) is 0 Å². The third-order valence-electron chi connectivity index (χ3n) is 3.14. The van der Waals surface area contributed by atoms with Gasteiger partial charge in [0.15, 0.2) is 5.82 Å². The van der Waals surface area contributed by atoms with Crippen LogP contribution < -0.4 is 0 Å². The fourth-order valence-electron chi connectivity index (χ4n) is 1.98. The van der Waals surface area contributed by atoms with Gasteiger partial charge in [-0.25, -0.2) is 9.78 Å². The number of nitrogens with zero attached hydrogens (tertiary/aromatic N) is 4. The highest BCUT2D eigenvalue weighted by atomic mass is 16.4. The molecule has 0 aliphatic carbocycles. The van der Waals surface area contributed by atoms with Gasteiger partial charge in [-0.2, -0.15) is 5.10 Å². The first-order valence-electron chi connectivity index (χ1n) is 5.77. The van der Waals surface area contributed by atoms with Crippen LogP contribution in [0.1, 0.15) is 16.1 Å². The summed E-state index contributed by atoms with van der Waals surface area (Å²) in [7, 11) is 1.86. The smallest absolute Gasteiger partial charge is 0.335 e. The third-order valence-corrected chi connectivity index (χ3v) is 3.14. The van der Waals surface area contributed by atoms with E-state index >= 15 is 0 Å². The molecule has 19 heavy (non-hydrogen) atoms. The molecule has 0 unspecified atom stereocenters. The van der Waals surface area contributed by atoms with Crippen LogP contribution in [0.5, 0.6) is 0 Å². The maximum atomic E-state index is 11.0. The largest absolute Gasteiger partial charge is 0.478 e. The zero-order valence-corrected chi connectivity index (χ0v) is 10.5. The number of aromatic nitrogens is 4. The fourth-order valence-corrected chi connectivity index (χ4v) is 1.98. The molecule has 0 bridgehead atoms. The number of hydrogen-bond donors (Lipinski definition) is 1. The first-order valence-corrected chi connectivity index (χ1v) is 5.77. The number of fused-ring (bicyclic) bond motifs is 1. The third kappa shape index (κ3) is 1.77. The highest BCUT2D eigenvalue weighted by Crippen LogP contribution is 2.19. The van der Waals surface area contributed by atoms with E-state index in [4.69, 9.17) is 5.11 Å². The van der Waals surface area contributed by atoms with Crippen LogP contribution in [0.4, 0.5) is 0 Å². The van der Waals surface area contributed by atoms with Crippen LogP contribution in [0, 0.1) is 6.92 Å². The van der Waals surface area contributed by atoms with Gasteiger partial charge in [0.1, 0.15) is 6.33 Å². The van der Waals surface area contributed by atoms with E-state index in [2.05, 4.69) is 10.1 Å². The van der Waals surface area contributed by atoms with Crippen LogP contribution in [0.25, 0.3) is 16.9 Å². The SMILES string of the molecule is Cc1cc(-n2cnc3ccc(C(=O)O)cc32)nn1C. The van der Waals surface area contributed by atoms with Crippen molar-refractivity contribution < 1.29 is 9.90 Å². The van der Waals surface area contributed by atoms with Crippen molar-refractivity contribution >= 4 is 17.0 Å². The number of benzene rings is 1. The first-order chi connectivity index (χ1) is 9.06. The predicted octanol–water partition coefficient (Wildman–Crippen LogP) is 1.77. The molecule has 0 aliphatic rings. The van der Waals surface area contributed by atoms with Crippen LogP contribution in [0.3, 0.4) is 0 Å². The summed E-state index contributed by atoms with van der Waals surface area (Å²) in [5.74, 6) is -0.225. The molecule has 0 spiro atoms. The molecule has 2 aromatic heterocycles. The summed E-state index contributed by atoms with van der Waals surface area (Å²) in [6.45, 7) is 1.96. The molecule has 2 heterocycles. The maximum Gasteiger partial charge on any atom is 0.335 e. The summed E-state index contributed by atoms with van der Waals surface area (Å²) in [6, 6.07) is 6.78. The van der Waals surface area contributed by atoms with Crippen molar-refractivity contribution in [3.8, 4) is 5.82 Å². The number of carboxylic acids is 1. The van der Waals surface area contributed by atoms with Gasteiger partial charge in [0.25, 0.3) is 0 Å². The zero-order valence-electron chi connectivity index (χ0n) is 10.5. The molecule has 0 aliphatic heterocycles. The Morgan fingerprint density at radius 3 is 2.74 bits per heavy atom. The lowest BCUT2D eigenvalue weighted by atomic mass is 10.2. The van der Waals surface area contributed by atoms with Crippen LogP contribution in [-0.2, 0) is 7.05 Å². The molecule has 6 nitrogen and oxygen atoms in total. The van der Waals surface area contributed by atoms with Crippen molar-refractivity contribution in [2.24, 2.45) is 7.05 Å². The molecule has 0 radical (unpaired) electrons. The monoisotopic (exact) mass is 256 g/mol. The Morgan fingerprint density at radius 2 is 2.11 bits per heavy atom. The Labute approximate surface area is 108 Å². The van der Waals surface area contributed by atoms with Gasteiger partial charge in [-0.1, -0.05) is 0 Å². The molecule has 1 aromatic carbocycles. The van der Waals surface area contributed by atoms with Gasteiger partial charge in [-0.3, -0.25) is 9.25 Å². The summed E-state index contributed by atoms with van der Waals surface area (Å²) < 4.78 is 3.55. The maximum absolute atomic E-state index is 11.0. The Balaban J connectivity index is 2.23. The van der Waals surface area contributed by atoms with Crippen molar-refractivity contribution in [1.82, 2.24) is 19.3 Å². The van der Waals surface area contributed by atoms with Crippen LogP contribution in [-0.4, -0.2) is 30.4 Å². The summed E-state index contributed by atoms with van der Waals surface area (Å²) in [5, 5.41) is 13.4. The summed E-state index contributed by atoms with van der Waals surface area (Å²) in [4.78, 5) is 15.3. The second kappa shape index (κ2) is 3.94. The Bertz CT molecular complexity index is 766. The van der Waals surface area contributed by atoms with Crippen molar-refractivity contribution in [1.29, 1.82) is 0 Å². The second-order valence-electron chi connectivity index (χ2n) is 4.39. The molecule has 3 aromatic rings. The number of rotatable bonds is 2. The molecule has 0 saturated heterocycles. The van der Waals surface area contributed by atoms with E-state index in [1.807, 2.05) is 20.0 Å². The topological polar surface area (TPSA) is 72.9 Å². The number of aryl methyl sites for hydroxylation is 2. The predicted molar refractivity (Wildman–Crippen MR) is 69.5 cm³/mol. The average molecular weight is 256 g/mol. The van der Waals surface area contributed by atoms with E-state index in [1.54, 1.807) is 33.8 Å². The van der Waals surface area contributed by atoms with Crippen LogP contribution in [0.15, 0.2) is 30.6 Å². The Morgan fingerprint density at radius 1 is 1.32 bits per heavy atom. The average Bonchev–Trinajstić information content (AvgIpc) is 2.93. The van der Waals surface area contributed by atoms with E-state index in [9.17, 15) is 4.79 Å². The minimum atomic E-state index is -0.952. The van der Waals surface area contributed by atoms with Gasteiger partial charge in [0.2, 0.25) is 0 Å². The van der Waals surface area contributed by atoms with E-state index in [0.29, 0.717) is 0 Å². The first kappa shape index (κ1) is 11.5. The zero-order chi connectivity index (χ0) is 13.6. The highest BCUT2D eigenvalue weighted by Gasteiger charge is 2.11. The number of aromatic carboxylic acids is 1. The van der Waals surface area contributed by atoms with E-state index < -0.39 is 5.97 Å². The Kier molecular flexibility index (Phi) is 2.38. The molecule has 3 rings (SSSR count). The quantitative estimate of drug-likeness (QED) is 0.758. The van der Waals surface area contributed by atoms with Crippen molar-refractivity contribution in [3.05, 3.63) is 41.9 Å². The Hall–Kier alpha value is -2.63. The van der Waals surface area contributed by atoms with Gasteiger partial charge in [-0.05, 0) is 25.1 Å². The van der Waals surface area contributed by atoms with E-state index in [0.717, 1.165) is 22.5 Å². The number of carboxylic acid groups (broad SMARTS) is 1. The molecule has 1 N–H and O–H groups in total. The lowest BCUT2D eigenvalue weighted by molar-refractivity contribution is 0.0697. The molecular formula is C13H12N4O2. The van der Waals surface area contributed by atoms with Gasteiger partial charge in [-0.15, -0.1) is 0 Å². The van der Waals surface area contributed by atoms with Gasteiger partial charge < -0.3 is 5.11 Å². The number of imidazole rings is 1. The minimum Gasteiger partial charge on any atom is -0.478 e.